The Labute approximate surface area is 431 Å². The topological polar surface area (TPSA) is 255 Å². The van der Waals surface area contributed by atoms with E-state index in [-0.39, 0.29) is 17.0 Å². The molecule has 10 aromatic rings. The van der Waals surface area contributed by atoms with E-state index in [4.69, 9.17) is 34.3 Å². The summed E-state index contributed by atoms with van der Waals surface area (Å²) in [5.74, 6) is -1.96. The molecule has 11 rings (SSSR count). The minimum Gasteiger partial charge on any atom is -0.398 e. The lowest BCUT2D eigenvalue weighted by Crippen LogP contribution is -2.41. The van der Waals surface area contributed by atoms with Gasteiger partial charge < -0.3 is 39.7 Å². The Morgan fingerprint density at radius 2 is 1.03 bits per heavy atom. The molecule has 74 heavy (non-hydrogen) atoms. The summed E-state index contributed by atoms with van der Waals surface area (Å²) in [4.78, 5) is 37.0. The number of nitrogens with one attached hydrogen (secondary N) is 1. The fraction of sp³-hybridized carbons (Fsp3) is 0.231. The minimum atomic E-state index is -0.951. The number of rotatable bonds is 5. The highest BCUT2D eigenvalue weighted by Gasteiger charge is 2.52. The second kappa shape index (κ2) is 21.2. The zero-order chi connectivity index (χ0) is 53.2. The normalized spacial score (nSPS) is 13.4. The molecular formula is C52H50BBrF2N12O6. The molecule has 0 aliphatic carbocycles. The van der Waals surface area contributed by atoms with Crippen molar-refractivity contribution in [3.63, 3.8) is 0 Å². The van der Waals surface area contributed by atoms with Gasteiger partial charge >= 0.3 is 7.12 Å². The van der Waals surface area contributed by atoms with E-state index >= 15 is 0 Å². The highest BCUT2D eigenvalue weighted by Crippen LogP contribution is 2.36. The van der Waals surface area contributed by atoms with E-state index in [1.165, 1.54) is 30.2 Å². The van der Waals surface area contributed by atoms with Crippen LogP contribution in [0.2, 0.25) is 0 Å². The van der Waals surface area contributed by atoms with Crippen LogP contribution in [0.4, 0.5) is 26.2 Å². The molecule has 0 spiro atoms. The lowest BCUT2D eigenvalue weighted by Gasteiger charge is -2.32. The molecule has 1 amide bonds. The van der Waals surface area contributed by atoms with Crippen LogP contribution in [0.1, 0.15) is 71.8 Å². The average molecular weight is 1070 g/mol. The summed E-state index contributed by atoms with van der Waals surface area (Å²) in [6.45, 7) is 19.7. The van der Waals surface area contributed by atoms with Crippen LogP contribution < -0.4 is 22.4 Å². The number of carbonyl (C=O) groups is 1. The van der Waals surface area contributed by atoms with Crippen LogP contribution in [-0.4, -0.2) is 69.6 Å². The van der Waals surface area contributed by atoms with Gasteiger partial charge in [-0.2, -0.15) is 0 Å². The second-order valence-electron chi connectivity index (χ2n) is 18.3. The number of aryl methyl sites for hydroxylation is 6. The van der Waals surface area contributed by atoms with Crippen LogP contribution >= 0.6 is 15.9 Å². The number of anilines is 3. The molecule has 5 N–H and O–H groups in total. The number of nitrogens with two attached hydrogens (primary N) is 2. The highest BCUT2D eigenvalue weighted by molar-refractivity contribution is 9.10. The smallest absolute Gasteiger partial charge is 0.398 e. The SMILES string of the molecule is CC1(C)OB(c2cnc(N)cn2)OC1(C)C.Cc1cc2c(C)noc2cc1-c1cnc(N)cn1.Cc1cc2c(C)noc2cc1-c1cnc(NC(=O)c2c(F)cccc2F)cn1.Cc1cc2c(C)noc2cc1Br. The number of aromatic nitrogens is 9. The molecule has 0 saturated carbocycles. The number of benzene rings is 4. The Bertz CT molecular complexity index is 3630. The maximum absolute atomic E-state index is 13.7. The average Bonchev–Trinajstić information content (AvgIpc) is 4.08. The fourth-order valence-corrected chi connectivity index (χ4v) is 7.82. The first-order valence-corrected chi connectivity index (χ1v) is 23.7. The molecule has 4 aromatic carbocycles. The molecule has 1 saturated heterocycles. The van der Waals surface area contributed by atoms with Gasteiger partial charge in [0, 0.05) is 38.0 Å². The van der Waals surface area contributed by atoms with Crippen molar-refractivity contribution < 1.29 is 36.5 Å². The van der Waals surface area contributed by atoms with Crippen molar-refractivity contribution in [1.82, 2.24) is 45.4 Å². The van der Waals surface area contributed by atoms with Gasteiger partial charge in [-0.15, -0.1) is 0 Å². The van der Waals surface area contributed by atoms with Gasteiger partial charge in [-0.3, -0.25) is 19.7 Å². The van der Waals surface area contributed by atoms with E-state index in [9.17, 15) is 13.6 Å². The molecule has 7 heterocycles. The van der Waals surface area contributed by atoms with Gasteiger partial charge in [0.15, 0.2) is 22.6 Å². The van der Waals surface area contributed by atoms with Crippen molar-refractivity contribution in [3.05, 3.63) is 147 Å². The monoisotopic (exact) mass is 1070 g/mol. The van der Waals surface area contributed by atoms with E-state index in [0.29, 0.717) is 28.5 Å². The molecule has 0 bridgehead atoms. The van der Waals surface area contributed by atoms with Gasteiger partial charge in [0.05, 0.1) is 76.2 Å². The standard InChI is InChI=1S/C20H14F2N4O2.C13H12N4O.C10H16BN3O2.C9H8BrNO/c1-10-6-13-11(2)26-28-17(13)7-12(10)16-8-24-18(9-23-16)25-20(27)19-14(21)4-3-5-15(19)22;1-7-3-10-8(2)17-18-12(10)4-9(7)11-5-16-13(14)6-15-11;1-9(2)10(3,4)16-11(15-9)7-5-14-8(12)6-13-7;1-5-3-7-6(2)11-12-9(7)4-8(5)10/h3-9H,1-2H3,(H,24,25,27);3-6H,1-2H3,(H2,14,16);5-6H,1-4H3,(H2,12,14);3-4H,1-2H3. The zero-order valence-corrected chi connectivity index (χ0v) is 43.6. The van der Waals surface area contributed by atoms with Gasteiger partial charge in [0.2, 0.25) is 0 Å². The molecule has 1 aliphatic heterocycles. The summed E-state index contributed by atoms with van der Waals surface area (Å²) < 4.78 is 55.8. The molecule has 1 aliphatic rings. The van der Waals surface area contributed by atoms with E-state index in [1.54, 1.807) is 18.6 Å². The Hall–Kier alpha value is -8.08. The van der Waals surface area contributed by atoms with Crippen molar-refractivity contribution in [3.8, 4) is 22.5 Å². The quantitative estimate of drug-likeness (QED) is 0.135. The molecular weight excluding hydrogens is 1020 g/mol. The maximum Gasteiger partial charge on any atom is 0.516 e. The van der Waals surface area contributed by atoms with Crippen molar-refractivity contribution >= 4 is 84.9 Å². The van der Waals surface area contributed by atoms with Gasteiger partial charge in [-0.1, -0.05) is 37.5 Å². The maximum atomic E-state index is 13.7. The molecule has 0 radical (unpaired) electrons. The lowest BCUT2D eigenvalue weighted by atomic mass is 9.85. The molecule has 22 heteroatoms. The number of fused-ring (bicyclic) bond motifs is 3. The number of hydrogen-bond donors (Lipinski definition) is 3. The number of nitrogens with zero attached hydrogens (tertiary/aromatic N) is 9. The predicted octanol–water partition coefficient (Wildman–Crippen LogP) is 10.5. The van der Waals surface area contributed by atoms with Crippen LogP contribution in [0.3, 0.4) is 0 Å². The first-order chi connectivity index (χ1) is 35.1. The third-order valence-electron chi connectivity index (χ3n) is 12.4. The number of hydrogen-bond acceptors (Lipinski definition) is 17. The highest BCUT2D eigenvalue weighted by atomic mass is 79.9. The third-order valence-corrected chi connectivity index (χ3v) is 13.3. The molecule has 1 fully saturated rings. The lowest BCUT2D eigenvalue weighted by molar-refractivity contribution is 0.00578. The number of amides is 1. The number of carbonyl (C=O) groups excluding carboxylic acids is 1. The second-order valence-corrected chi connectivity index (χ2v) is 19.2. The van der Waals surface area contributed by atoms with Gasteiger partial charge in [-0.05, 0) is 134 Å². The van der Waals surface area contributed by atoms with Crippen molar-refractivity contribution in [2.24, 2.45) is 0 Å². The Kier molecular flexibility index (Phi) is 15.0. The number of halogens is 3. The number of nitrogen functional groups attached to an aromatic ring is 2. The van der Waals surface area contributed by atoms with E-state index in [1.807, 2.05) is 86.6 Å². The van der Waals surface area contributed by atoms with Crippen LogP contribution in [-0.2, 0) is 9.31 Å². The third kappa shape index (κ3) is 11.3. The van der Waals surface area contributed by atoms with E-state index in [2.05, 4.69) is 85.7 Å². The summed E-state index contributed by atoms with van der Waals surface area (Å²) in [5, 5.41) is 17.2. The summed E-state index contributed by atoms with van der Waals surface area (Å²) in [6.07, 6.45) is 9.07. The Morgan fingerprint density at radius 1 is 0.581 bits per heavy atom. The van der Waals surface area contributed by atoms with Gasteiger partial charge in [-0.25, -0.2) is 23.7 Å². The van der Waals surface area contributed by atoms with Crippen LogP contribution in [0.5, 0.6) is 0 Å². The van der Waals surface area contributed by atoms with Crippen LogP contribution in [0.15, 0.2) is 110 Å². The molecule has 6 aromatic heterocycles. The van der Waals surface area contributed by atoms with Crippen LogP contribution in [0.25, 0.3) is 55.4 Å². The zero-order valence-electron chi connectivity index (χ0n) is 42.0. The minimum absolute atomic E-state index is 0.0747. The molecule has 0 atom stereocenters. The first kappa shape index (κ1) is 52.3. The molecule has 0 unspecified atom stereocenters. The van der Waals surface area contributed by atoms with E-state index in [0.717, 1.165) is 89.0 Å². The Balaban J connectivity index is 0.000000138. The first-order valence-electron chi connectivity index (χ1n) is 22.9. The summed E-state index contributed by atoms with van der Waals surface area (Å²) in [5.41, 5.74) is 21.5. The summed E-state index contributed by atoms with van der Waals surface area (Å²) in [7, 11) is -0.474. The predicted molar refractivity (Wildman–Crippen MR) is 281 cm³/mol. The largest absolute Gasteiger partial charge is 0.516 e. The van der Waals surface area contributed by atoms with Gasteiger partial charge in [0.25, 0.3) is 5.91 Å². The van der Waals surface area contributed by atoms with Crippen LogP contribution in [0, 0.1) is 53.2 Å². The summed E-state index contributed by atoms with van der Waals surface area (Å²) >= 11 is 3.44. The van der Waals surface area contributed by atoms with E-state index < -0.39 is 30.2 Å². The van der Waals surface area contributed by atoms with Gasteiger partial charge in [0.1, 0.15) is 28.8 Å². The summed E-state index contributed by atoms with van der Waals surface area (Å²) in [6, 6.07) is 15.0. The van der Waals surface area contributed by atoms with Crippen molar-refractivity contribution in [2.75, 3.05) is 16.8 Å². The van der Waals surface area contributed by atoms with Crippen molar-refractivity contribution in [2.45, 2.75) is 80.4 Å². The Morgan fingerprint density at radius 3 is 1.47 bits per heavy atom. The van der Waals surface area contributed by atoms with Crippen molar-refractivity contribution in [1.29, 1.82) is 0 Å². The molecule has 18 nitrogen and oxygen atoms in total. The fourth-order valence-electron chi connectivity index (χ4n) is 7.50. The molecule has 378 valence electrons.